The minimum Gasteiger partial charge on any atom is -0.460 e. The fraction of sp³-hybridized carbons (Fsp3) is 0.533. The summed E-state index contributed by atoms with van der Waals surface area (Å²) in [5.41, 5.74) is 0.496. The Bertz CT molecular complexity index is 376. The van der Waals surface area contributed by atoms with Crippen molar-refractivity contribution in [2.45, 2.75) is 45.8 Å². The number of ether oxygens (including phenoxy) is 1. The fourth-order valence-electron chi connectivity index (χ4n) is 1.70. The Balaban J connectivity index is 2.75. The van der Waals surface area contributed by atoms with Crippen molar-refractivity contribution < 1.29 is 14.6 Å². The van der Waals surface area contributed by atoms with Gasteiger partial charge in [-0.25, -0.2) is 0 Å². The Morgan fingerprint density at radius 3 is 2.28 bits per heavy atom. The molecule has 1 aromatic rings. The molecule has 3 nitrogen and oxygen atoms in total. The zero-order valence-electron chi connectivity index (χ0n) is 11.5. The number of rotatable bonds is 4. The quantitative estimate of drug-likeness (QED) is 0.835. The summed E-state index contributed by atoms with van der Waals surface area (Å²) in [6.45, 7) is 7.10. The molecule has 0 radical (unpaired) electrons. The van der Waals surface area contributed by atoms with Crippen LogP contribution in [-0.4, -0.2) is 22.8 Å². The van der Waals surface area contributed by atoms with Crippen molar-refractivity contribution in [3.8, 4) is 0 Å². The minimum absolute atomic E-state index is 0.346. The molecule has 0 aliphatic heterocycles. The van der Waals surface area contributed by atoms with Crippen LogP contribution < -0.4 is 0 Å². The van der Waals surface area contributed by atoms with Crippen LogP contribution in [0.4, 0.5) is 0 Å². The van der Waals surface area contributed by atoms with E-state index < -0.39 is 17.6 Å². The van der Waals surface area contributed by atoms with E-state index in [1.54, 1.807) is 6.92 Å². The van der Waals surface area contributed by atoms with Crippen molar-refractivity contribution in [2.24, 2.45) is 5.92 Å². The van der Waals surface area contributed by atoms with E-state index in [0.717, 1.165) is 5.56 Å². The lowest BCUT2D eigenvalue weighted by Crippen LogP contribution is -2.35. The molecule has 2 atom stereocenters. The summed E-state index contributed by atoms with van der Waals surface area (Å²) >= 11 is 0. The number of benzene rings is 1. The standard InChI is InChI=1S/C15H22O3/c1-11(16)13(14(17)18-15(2,3)4)10-12-8-6-5-7-9-12/h5-9,11,13,16H,10H2,1-4H3/t11-,13+/m1/s1. The van der Waals surface area contributed by atoms with Gasteiger partial charge in [0, 0.05) is 0 Å². The molecular formula is C15H22O3. The third kappa shape index (κ3) is 4.88. The first-order valence-corrected chi connectivity index (χ1v) is 6.24. The molecule has 0 aliphatic carbocycles. The van der Waals surface area contributed by atoms with Gasteiger partial charge in [0.1, 0.15) is 5.60 Å². The highest BCUT2D eigenvalue weighted by Crippen LogP contribution is 2.18. The number of aliphatic hydroxyl groups excluding tert-OH is 1. The molecule has 0 saturated heterocycles. The molecule has 3 heteroatoms. The lowest BCUT2D eigenvalue weighted by atomic mass is 9.94. The molecule has 18 heavy (non-hydrogen) atoms. The predicted molar refractivity (Wildman–Crippen MR) is 71.2 cm³/mol. The van der Waals surface area contributed by atoms with Gasteiger partial charge in [0.05, 0.1) is 12.0 Å². The first-order valence-electron chi connectivity index (χ1n) is 6.24. The summed E-state index contributed by atoms with van der Waals surface area (Å²) < 4.78 is 5.33. The van der Waals surface area contributed by atoms with Gasteiger partial charge in [-0.1, -0.05) is 30.3 Å². The molecule has 0 fully saturated rings. The molecule has 0 saturated carbocycles. The Labute approximate surface area is 109 Å². The molecule has 0 unspecified atom stereocenters. The van der Waals surface area contributed by atoms with Gasteiger partial charge < -0.3 is 9.84 Å². The number of esters is 1. The van der Waals surface area contributed by atoms with Crippen LogP contribution in [-0.2, 0) is 16.0 Å². The number of aliphatic hydroxyl groups is 1. The van der Waals surface area contributed by atoms with Crippen molar-refractivity contribution in [3.05, 3.63) is 35.9 Å². The fourth-order valence-corrected chi connectivity index (χ4v) is 1.70. The smallest absolute Gasteiger partial charge is 0.312 e. The third-order valence-electron chi connectivity index (χ3n) is 2.59. The lowest BCUT2D eigenvalue weighted by molar-refractivity contribution is -0.163. The minimum atomic E-state index is -0.722. The molecule has 0 spiro atoms. The second kappa shape index (κ2) is 6.01. The maximum Gasteiger partial charge on any atom is 0.312 e. The number of carbonyl (C=O) groups excluding carboxylic acids is 1. The van der Waals surface area contributed by atoms with Crippen LogP contribution in [0.3, 0.4) is 0 Å². The highest BCUT2D eigenvalue weighted by Gasteiger charge is 2.28. The SMILES string of the molecule is C[C@@H](O)[C@H](Cc1ccccc1)C(=O)OC(C)(C)C. The largest absolute Gasteiger partial charge is 0.460 e. The van der Waals surface area contributed by atoms with Gasteiger partial charge in [-0.2, -0.15) is 0 Å². The molecular weight excluding hydrogens is 228 g/mol. The lowest BCUT2D eigenvalue weighted by Gasteiger charge is -2.25. The molecule has 100 valence electrons. The van der Waals surface area contributed by atoms with Crippen molar-refractivity contribution >= 4 is 5.97 Å². The topological polar surface area (TPSA) is 46.5 Å². The van der Waals surface area contributed by atoms with E-state index in [-0.39, 0.29) is 5.97 Å². The van der Waals surface area contributed by atoms with Crippen LogP contribution in [0.15, 0.2) is 30.3 Å². The second-order valence-corrected chi connectivity index (χ2v) is 5.57. The number of hydrogen-bond acceptors (Lipinski definition) is 3. The summed E-state index contributed by atoms with van der Waals surface area (Å²) in [5, 5.41) is 9.74. The molecule has 1 aromatic carbocycles. The monoisotopic (exact) mass is 250 g/mol. The van der Waals surface area contributed by atoms with Crippen molar-refractivity contribution in [1.82, 2.24) is 0 Å². The first-order chi connectivity index (χ1) is 8.29. The number of hydrogen-bond donors (Lipinski definition) is 1. The average molecular weight is 250 g/mol. The van der Waals surface area contributed by atoms with E-state index in [4.69, 9.17) is 4.74 Å². The molecule has 0 aromatic heterocycles. The molecule has 1 N–H and O–H groups in total. The molecule has 1 rings (SSSR count). The Hall–Kier alpha value is -1.35. The normalized spacial score (nSPS) is 14.9. The van der Waals surface area contributed by atoms with E-state index in [1.165, 1.54) is 0 Å². The summed E-state index contributed by atoms with van der Waals surface area (Å²) in [7, 11) is 0. The van der Waals surface area contributed by atoms with Crippen LogP contribution in [0.5, 0.6) is 0 Å². The molecule has 0 amide bonds. The van der Waals surface area contributed by atoms with Crippen LogP contribution in [0.1, 0.15) is 33.3 Å². The van der Waals surface area contributed by atoms with E-state index in [2.05, 4.69) is 0 Å². The average Bonchev–Trinajstić information content (AvgIpc) is 2.24. The highest BCUT2D eigenvalue weighted by molar-refractivity contribution is 5.73. The van der Waals surface area contributed by atoms with Crippen LogP contribution >= 0.6 is 0 Å². The van der Waals surface area contributed by atoms with E-state index in [9.17, 15) is 9.90 Å². The molecule has 0 bridgehead atoms. The molecule has 0 heterocycles. The second-order valence-electron chi connectivity index (χ2n) is 5.57. The Kier molecular flexibility index (Phi) is 4.91. The van der Waals surface area contributed by atoms with Crippen molar-refractivity contribution in [2.75, 3.05) is 0 Å². The van der Waals surface area contributed by atoms with E-state index >= 15 is 0 Å². The number of carbonyl (C=O) groups is 1. The molecule has 0 aliphatic rings. The van der Waals surface area contributed by atoms with Crippen molar-refractivity contribution in [1.29, 1.82) is 0 Å². The van der Waals surface area contributed by atoms with Gasteiger partial charge in [0.2, 0.25) is 0 Å². The maximum absolute atomic E-state index is 12.0. The zero-order chi connectivity index (χ0) is 13.8. The van der Waals surface area contributed by atoms with Gasteiger partial charge in [0.15, 0.2) is 0 Å². The van der Waals surface area contributed by atoms with Gasteiger partial charge in [0.25, 0.3) is 0 Å². The summed E-state index contributed by atoms with van der Waals surface area (Å²) in [6, 6.07) is 9.65. The Morgan fingerprint density at radius 2 is 1.83 bits per heavy atom. The van der Waals surface area contributed by atoms with E-state index in [1.807, 2.05) is 51.1 Å². The maximum atomic E-state index is 12.0. The van der Waals surface area contributed by atoms with Gasteiger partial charge in [-0.3, -0.25) is 4.79 Å². The third-order valence-corrected chi connectivity index (χ3v) is 2.59. The van der Waals surface area contributed by atoms with Crippen molar-refractivity contribution in [3.63, 3.8) is 0 Å². The van der Waals surface area contributed by atoms with Crippen LogP contribution in [0.2, 0.25) is 0 Å². The zero-order valence-corrected chi connectivity index (χ0v) is 11.5. The van der Waals surface area contributed by atoms with Crippen LogP contribution in [0.25, 0.3) is 0 Å². The summed E-state index contributed by atoms with van der Waals surface area (Å²) in [6.07, 6.45) is -0.229. The van der Waals surface area contributed by atoms with E-state index in [0.29, 0.717) is 6.42 Å². The summed E-state index contributed by atoms with van der Waals surface area (Å²) in [5.74, 6) is -0.868. The highest BCUT2D eigenvalue weighted by atomic mass is 16.6. The Morgan fingerprint density at radius 1 is 1.28 bits per heavy atom. The predicted octanol–water partition coefficient (Wildman–Crippen LogP) is 2.57. The summed E-state index contributed by atoms with van der Waals surface area (Å²) in [4.78, 5) is 12.0. The van der Waals surface area contributed by atoms with Crippen LogP contribution in [0, 0.1) is 5.92 Å². The van der Waals surface area contributed by atoms with Gasteiger partial charge >= 0.3 is 5.97 Å². The van der Waals surface area contributed by atoms with Gasteiger partial charge in [-0.15, -0.1) is 0 Å². The van der Waals surface area contributed by atoms with Gasteiger partial charge in [-0.05, 0) is 39.7 Å². The first kappa shape index (κ1) is 14.7.